The number of fused-ring (bicyclic) bond motifs is 2. The van der Waals surface area contributed by atoms with Crippen LogP contribution in [0.5, 0.6) is 11.5 Å². The van der Waals surface area contributed by atoms with Crippen LogP contribution in [0.15, 0.2) is 77.5 Å². The van der Waals surface area contributed by atoms with Crippen molar-refractivity contribution in [3.8, 4) is 22.8 Å². The number of carbonyl (C=O) groups is 2. The smallest absolute Gasteiger partial charge is 0.259 e. The molecule has 2 aromatic heterocycles. The molecule has 1 fully saturated rings. The lowest BCUT2D eigenvalue weighted by atomic mass is 9.90. The minimum absolute atomic E-state index is 0.0513. The van der Waals surface area contributed by atoms with Crippen LogP contribution in [0.4, 0.5) is 5.13 Å². The van der Waals surface area contributed by atoms with Gasteiger partial charge in [0.15, 0.2) is 22.4 Å². The molecule has 7 rings (SSSR count). The number of rotatable bonds is 6. The molecule has 10 heteroatoms. The van der Waals surface area contributed by atoms with Crippen LogP contribution in [-0.4, -0.2) is 46.2 Å². The van der Waals surface area contributed by atoms with E-state index in [9.17, 15) is 9.59 Å². The first-order chi connectivity index (χ1) is 20.0. The molecular weight excluding hydrogens is 540 g/mol. The number of hydrogen-bond acceptors (Lipinski definition) is 8. The summed E-state index contributed by atoms with van der Waals surface area (Å²) < 4.78 is 16.2. The number of aryl methyl sites for hydroxylation is 1. The monoisotopic (exact) mass is 566 g/mol. The quantitative estimate of drug-likeness (QED) is 0.328. The first-order valence-electron chi connectivity index (χ1n) is 13.4. The van der Waals surface area contributed by atoms with Crippen LogP contribution >= 0.6 is 11.3 Å². The molecule has 206 valence electrons. The SMILES string of the molecule is Cc1sc(NC(=O)Cc2ccc3c(c2)OCO3)nc1C1=CC2CCN(C(=O)c3cnoc3-c3ccccc3)C2C=C1. The van der Waals surface area contributed by atoms with Gasteiger partial charge < -0.3 is 24.2 Å². The molecule has 1 aliphatic carbocycles. The van der Waals surface area contributed by atoms with E-state index in [1.807, 2.05) is 66.4 Å². The van der Waals surface area contributed by atoms with E-state index in [0.29, 0.717) is 34.5 Å². The van der Waals surface area contributed by atoms with E-state index < -0.39 is 0 Å². The van der Waals surface area contributed by atoms with Gasteiger partial charge in [0.1, 0.15) is 5.56 Å². The Balaban J connectivity index is 1.03. The third kappa shape index (κ3) is 4.80. The second kappa shape index (κ2) is 10.4. The summed E-state index contributed by atoms with van der Waals surface area (Å²) in [7, 11) is 0. The highest BCUT2D eigenvalue weighted by Gasteiger charge is 2.38. The predicted molar refractivity (Wildman–Crippen MR) is 154 cm³/mol. The molecule has 1 saturated heterocycles. The molecule has 2 atom stereocenters. The maximum atomic E-state index is 13.6. The van der Waals surface area contributed by atoms with Crippen molar-refractivity contribution in [3.05, 3.63) is 94.7 Å². The van der Waals surface area contributed by atoms with Gasteiger partial charge in [-0.15, -0.1) is 11.3 Å². The van der Waals surface area contributed by atoms with Crippen molar-refractivity contribution < 1.29 is 23.6 Å². The second-order valence-electron chi connectivity index (χ2n) is 10.2. The highest BCUT2D eigenvalue weighted by Crippen LogP contribution is 2.38. The summed E-state index contributed by atoms with van der Waals surface area (Å²) in [6, 6.07) is 15.0. The third-order valence-corrected chi connectivity index (χ3v) is 8.47. The molecule has 2 aliphatic heterocycles. The number of amides is 2. The van der Waals surface area contributed by atoms with Gasteiger partial charge >= 0.3 is 0 Å². The summed E-state index contributed by atoms with van der Waals surface area (Å²) >= 11 is 1.45. The van der Waals surface area contributed by atoms with E-state index in [1.165, 1.54) is 17.5 Å². The van der Waals surface area contributed by atoms with Crippen LogP contribution in [0.2, 0.25) is 0 Å². The molecule has 4 heterocycles. The number of allylic oxidation sites excluding steroid dienone is 2. The summed E-state index contributed by atoms with van der Waals surface area (Å²) in [5.74, 6) is 1.77. The van der Waals surface area contributed by atoms with Gasteiger partial charge in [0, 0.05) is 22.9 Å². The predicted octanol–water partition coefficient (Wildman–Crippen LogP) is 5.50. The van der Waals surface area contributed by atoms with Crippen molar-refractivity contribution in [2.24, 2.45) is 5.92 Å². The van der Waals surface area contributed by atoms with Gasteiger partial charge in [0.05, 0.1) is 24.4 Å². The summed E-state index contributed by atoms with van der Waals surface area (Å²) in [6.07, 6.45) is 8.87. The van der Waals surface area contributed by atoms with E-state index in [1.54, 1.807) is 0 Å². The number of anilines is 1. The topological polar surface area (TPSA) is 107 Å². The van der Waals surface area contributed by atoms with Crippen LogP contribution < -0.4 is 14.8 Å². The third-order valence-electron chi connectivity index (χ3n) is 7.58. The minimum atomic E-state index is -0.147. The zero-order valence-corrected chi connectivity index (χ0v) is 23.0. The number of nitrogens with zero attached hydrogens (tertiary/aromatic N) is 3. The lowest BCUT2D eigenvalue weighted by Gasteiger charge is -2.27. The van der Waals surface area contributed by atoms with Crippen LogP contribution in [0.3, 0.4) is 0 Å². The van der Waals surface area contributed by atoms with E-state index in [2.05, 4.69) is 22.6 Å². The van der Waals surface area contributed by atoms with Crippen molar-refractivity contribution in [1.82, 2.24) is 15.0 Å². The molecule has 9 nitrogen and oxygen atoms in total. The first kappa shape index (κ1) is 25.3. The number of benzene rings is 2. The molecule has 2 aromatic carbocycles. The molecule has 0 spiro atoms. The Morgan fingerprint density at radius 2 is 1.98 bits per heavy atom. The summed E-state index contributed by atoms with van der Waals surface area (Å²) in [4.78, 5) is 34.0. The first-order valence-corrected chi connectivity index (χ1v) is 14.2. The minimum Gasteiger partial charge on any atom is -0.454 e. The fourth-order valence-corrected chi connectivity index (χ4v) is 6.46. The normalized spacial score (nSPS) is 18.8. The van der Waals surface area contributed by atoms with E-state index in [0.717, 1.165) is 33.7 Å². The van der Waals surface area contributed by atoms with Gasteiger partial charge in [-0.05, 0) is 36.6 Å². The highest BCUT2D eigenvalue weighted by atomic mass is 32.1. The number of thiazole rings is 1. The number of nitrogens with one attached hydrogen (secondary N) is 1. The lowest BCUT2D eigenvalue weighted by Crippen LogP contribution is -2.37. The Hall–Kier alpha value is -4.70. The Bertz CT molecular complexity index is 1710. The van der Waals surface area contributed by atoms with Crippen LogP contribution in [0.1, 0.15) is 32.9 Å². The molecule has 4 aromatic rings. The van der Waals surface area contributed by atoms with Crippen molar-refractivity contribution in [2.45, 2.75) is 25.8 Å². The van der Waals surface area contributed by atoms with Gasteiger partial charge in [0.25, 0.3) is 5.91 Å². The average Bonchev–Trinajstić information content (AvgIpc) is 3.78. The van der Waals surface area contributed by atoms with Crippen molar-refractivity contribution in [3.63, 3.8) is 0 Å². The van der Waals surface area contributed by atoms with Crippen LogP contribution in [0.25, 0.3) is 16.9 Å². The van der Waals surface area contributed by atoms with Gasteiger partial charge in [-0.3, -0.25) is 9.59 Å². The number of hydrogen-bond donors (Lipinski definition) is 1. The molecular formula is C31H26N4O5S. The van der Waals surface area contributed by atoms with Gasteiger partial charge in [-0.25, -0.2) is 4.98 Å². The summed E-state index contributed by atoms with van der Waals surface area (Å²) in [6.45, 7) is 2.84. The summed E-state index contributed by atoms with van der Waals surface area (Å²) in [5.41, 5.74) is 3.98. The van der Waals surface area contributed by atoms with Crippen LogP contribution in [0, 0.1) is 12.8 Å². The van der Waals surface area contributed by atoms with E-state index in [-0.39, 0.29) is 37.0 Å². The van der Waals surface area contributed by atoms with E-state index >= 15 is 0 Å². The van der Waals surface area contributed by atoms with Gasteiger partial charge in [0.2, 0.25) is 12.7 Å². The molecule has 0 radical (unpaired) electrons. The fraction of sp³-hybridized carbons (Fsp3) is 0.226. The molecule has 0 bridgehead atoms. The van der Waals surface area contributed by atoms with Crippen LogP contribution in [-0.2, 0) is 11.2 Å². The van der Waals surface area contributed by atoms with Gasteiger partial charge in [-0.2, -0.15) is 0 Å². The number of carbonyl (C=O) groups excluding carboxylic acids is 2. The molecule has 1 N–H and O–H groups in total. The van der Waals surface area contributed by atoms with E-state index in [4.69, 9.17) is 19.0 Å². The Morgan fingerprint density at radius 1 is 1.12 bits per heavy atom. The number of ether oxygens (including phenoxy) is 2. The number of likely N-dealkylation sites (tertiary alicyclic amines) is 1. The average molecular weight is 567 g/mol. The highest BCUT2D eigenvalue weighted by molar-refractivity contribution is 7.15. The fourth-order valence-electron chi connectivity index (χ4n) is 5.61. The Morgan fingerprint density at radius 3 is 2.85 bits per heavy atom. The lowest BCUT2D eigenvalue weighted by molar-refractivity contribution is -0.115. The maximum absolute atomic E-state index is 13.6. The molecule has 41 heavy (non-hydrogen) atoms. The summed E-state index contributed by atoms with van der Waals surface area (Å²) in [5, 5.41) is 7.41. The van der Waals surface area contributed by atoms with Crippen molar-refractivity contribution in [2.75, 3.05) is 18.7 Å². The number of aromatic nitrogens is 2. The van der Waals surface area contributed by atoms with Crippen molar-refractivity contribution >= 4 is 33.9 Å². The molecule has 0 saturated carbocycles. The van der Waals surface area contributed by atoms with Crippen molar-refractivity contribution in [1.29, 1.82) is 0 Å². The standard InChI is InChI=1S/C31H26N4O5S/c1-18-28(34-31(41-18)33-27(36)14-19-7-10-25-26(13-19)39-17-38-25)22-8-9-24-21(15-22)11-12-35(24)30(37)23-16-32-40-29(23)20-5-3-2-4-6-20/h2-10,13,15-16,21,24H,11-12,14,17H2,1H3,(H,33,34,36). The van der Waals surface area contributed by atoms with Gasteiger partial charge in [-0.1, -0.05) is 59.8 Å². The second-order valence-corrected chi connectivity index (χ2v) is 11.4. The Kier molecular flexibility index (Phi) is 6.39. The Labute approximate surface area is 240 Å². The molecule has 2 unspecified atom stereocenters. The largest absolute Gasteiger partial charge is 0.454 e. The maximum Gasteiger partial charge on any atom is 0.259 e. The molecule has 3 aliphatic rings. The molecule has 2 amide bonds. The zero-order valence-electron chi connectivity index (χ0n) is 22.2. The zero-order chi connectivity index (χ0) is 27.9.